The van der Waals surface area contributed by atoms with Crippen molar-refractivity contribution in [1.82, 2.24) is 0 Å². The molecule has 0 bridgehead atoms. The van der Waals surface area contributed by atoms with Gasteiger partial charge in [-0.05, 0) is 22.3 Å². The smallest absolute Gasteiger partial charge is 0.187 e. The van der Waals surface area contributed by atoms with Gasteiger partial charge in [-0.2, -0.15) is 0 Å². The normalized spacial score (nSPS) is 34.7. The van der Waals surface area contributed by atoms with Crippen molar-refractivity contribution in [1.29, 1.82) is 0 Å². The minimum Gasteiger partial charge on any atom is -0.394 e. The van der Waals surface area contributed by atoms with Gasteiger partial charge in [-0.15, -0.1) is 0 Å². The van der Waals surface area contributed by atoms with E-state index in [0.29, 0.717) is 0 Å². The van der Waals surface area contributed by atoms with E-state index >= 15 is 0 Å². The van der Waals surface area contributed by atoms with Crippen LogP contribution in [0, 0.1) is 0 Å². The molecule has 8 rings (SSSR count). The van der Waals surface area contributed by atoms with Gasteiger partial charge in [0, 0.05) is 0 Å². The van der Waals surface area contributed by atoms with Crippen molar-refractivity contribution in [2.75, 3.05) is 26.4 Å². The van der Waals surface area contributed by atoms with Gasteiger partial charge in [-0.1, -0.05) is 121 Å². The predicted octanol–water partition coefficient (Wildman–Crippen LogP) is 1.71. The third-order valence-corrected chi connectivity index (χ3v) is 11.8. The van der Waals surface area contributed by atoms with Gasteiger partial charge in [-0.25, -0.2) is 0 Å². The Bertz CT molecular complexity index is 1970. The Hall–Kier alpha value is -3.80. The Balaban J connectivity index is 0.974. The average Bonchev–Trinajstić information content (AvgIpc) is 4.02. The molecule has 0 spiro atoms. The minimum atomic E-state index is -1.51. The van der Waals surface area contributed by atoms with E-state index < -0.39 is 105 Å². The molecule has 4 saturated heterocycles. The third-order valence-electron chi connectivity index (χ3n) is 11.8. The van der Waals surface area contributed by atoms with Gasteiger partial charge in [0.25, 0.3) is 0 Å². The van der Waals surface area contributed by atoms with E-state index in [1.165, 1.54) is 0 Å². The first-order valence-electron chi connectivity index (χ1n) is 21.9. The lowest BCUT2D eigenvalue weighted by molar-refractivity contribution is -0.226. The van der Waals surface area contributed by atoms with Gasteiger partial charge in [0.1, 0.15) is 73.2 Å². The summed E-state index contributed by atoms with van der Waals surface area (Å²) in [5.74, 6) is 0. The van der Waals surface area contributed by atoms with Crippen LogP contribution in [0.25, 0.3) is 0 Å². The zero-order valence-electron chi connectivity index (χ0n) is 35.6. The maximum atomic E-state index is 11.2. The second-order valence-corrected chi connectivity index (χ2v) is 16.4. The average molecular weight is 907 g/mol. The highest BCUT2D eigenvalue weighted by atomic mass is 16.8. The lowest BCUT2D eigenvalue weighted by Gasteiger charge is -2.27. The molecule has 0 unspecified atom stereocenters. The van der Waals surface area contributed by atoms with Crippen LogP contribution >= 0.6 is 0 Å². The number of hydrogen-bond donors (Lipinski definition) is 6. The maximum Gasteiger partial charge on any atom is 0.187 e. The molecule has 4 heterocycles. The maximum absolute atomic E-state index is 11.2. The molecule has 4 aromatic carbocycles. The molecule has 0 aliphatic carbocycles. The van der Waals surface area contributed by atoms with Gasteiger partial charge in [-0.3, -0.25) is 0 Å². The highest BCUT2D eigenvalue weighted by Crippen LogP contribution is 2.34. The van der Waals surface area contributed by atoms with E-state index in [1.54, 1.807) is 0 Å². The summed E-state index contributed by atoms with van der Waals surface area (Å²) < 4.78 is 67.9. The molecule has 4 aliphatic heterocycles. The quantitative estimate of drug-likeness (QED) is 0.0661. The van der Waals surface area contributed by atoms with E-state index in [2.05, 4.69) is 0 Å². The van der Waals surface area contributed by atoms with Crippen LogP contribution in [0.4, 0.5) is 0 Å². The molecule has 4 aliphatic rings. The molecule has 65 heavy (non-hydrogen) atoms. The Labute approximate surface area is 376 Å². The first kappa shape index (κ1) is 47.7. The largest absolute Gasteiger partial charge is 0.394 e. The van der Waals surface area contributed by atoms with E-state index in [9.17, 15) is 30.6 Å². The lowest BCUT2D eigenvalue weighted by atomic mass is 10.1. The van der Waals surface area contributed by atoms with E-state index in [4.69, 9.17) is 52.1 Å². The fraction of sp³-hybridized carbons (Fsp3) is 0.500. The summed E-state index contributed by atoms with van der Waals surface area (Å²) in [6.07, 6.45) is -17.9. The molecule has 0 amide bonds. The fourth-order valence-electron chi connectivity index (χ4n) is 8.19. The molecular weight excluding hydrogens is 849 g/mol. The first-order chi connectivity index (χ1) is 31.7. The molecule has 352 valence electrons. The SMILES string of the molecule is OC[C@@H]1O[C@@H](OC[C@@H]2O[C@@H](OC[C@@H]3O[C@@H](OC[C@@H]4O[C@@H](O)[C@H](OCc5ccccc5)[C@H]4OCc4ccccc4)[C@H](OCc4ccccc4)[C@H]3OCc3ccccc3)[C@H](O)[C@H]2O)[C@H](O)[C@H]1O. The van der Waals surface area contributed by atoms with Crippen molar-refractivity contribution >= 4 is 0 Å². The number of ether oxygens (including phenoxy) is 11. The molecule has 0 saturated carbocycles. The summed E-state index contributed by atoms with van der Waals surface area (Å²) in [5.41, 5.74) is 3.62. The fourth-order valence-corrected chi connectivity index (χ4v) is 8.19. The molecule has 4 aromatic rings. The van der Waals surface area contributed by atoms with E-state index in [0.717, 1.165) is 22.3 Å². The van der Waals surface area contributed by atoms with Crippen molar-refractivity contribution in [3.05, 3.63) is 144 Å². The molecule has 0 aromatic heterocycles. The van der Waals surface area contributed by atoms with Crippen LogP contribution in [0.1, 0.15) is 22.3 Å². The van der Waals surface area contributed by atoms with Gasteiger partial charge < -0.3 is 82.7 Å². The van der Waals surface area contributed by atoms with Gasteiger partial charge in [0.2, 0.25) is 0 Å². The van der Waals surface area contributed by atoms with Crippen LogP contribution < -0.4 is 0 Å². The zero-order chi connectivity index (χ0) is 45.1. The highest BCUT2D eigenvalue weighted by Gasteiger charge is 2.52. The van der Waals surface area contributed by atoms with Gasteiger partial charge in [0.05, 0.1) is 52.9 Å². The van der Waals surface area contributed by atoms with Crippen LogP contribution in [0.15, 0.2) is 121 Å². The van der Waals surface area contributed by atoms with E-state index in [-0.39, 0.29) is 46.2 Å². The Kier molecular flexibility index (Phi) is 17.1. The number of aliphatic hydroxyl groups is 6. The van der Waals surface area contributed by atoms with Gasteiger partial charge >= 0.3 is 0 Å². The van der Waals surface area contributed by atoms with Crippen molar-refractivity contribution < 1.29 is 82.7 Å². The third kappa shape index (κ3) is 12.2. The van der Waals surface area contributed by atoms with Crippen molar-refractivity contribution in [3.63, 3.8) is 0 Å². The summed E-state index contributed by atoms with van der Waals surface area (Å²) in [7, 11) is 0. The minimum absolute atomic E-state index is 0.107. The van der Waals surface area contributed by atoms with Crippen molar-refractivity contribution in [2.24, 2.45) is 0 Å². The Morgan fingerprint density at radius 2 is 0.677 bits per heavy atom. The summed E-state index contributed by atoms with van der Waals surface area (Å²) in [6.45, 7) is -0.401. The second-order valence-electron chi connectivity index (χ2n) is 16.4. The van der Waals surface area contributed by atoms with Crippen LogP contribution in [-0.4, -0.2) is 155 Å². The Morgan fingerprint density at radius 3 is 1.12 bits per heavy atom. The second kappa shape index (κ2) is 23.3. The van der Waals surface area contributed by atoms with Crippen molar-refractivity contribution in [3.8, 4) is 0 Å². The predicted molar refractivity (Wildman–Crippen MR) is 226 cm³/mol. The molecule has 4 fully saturated rings. The number of rotatable bonds is 22. The Morgan fingerprint density at radius 1 is 0.338 bits per heavy atom. The topological polar surface area (TPSA) is 223 Å². The lowest BCUT2D eigenvalue weighted by Crippen LogP contribution is -2.42. The summed E-state index contributed by atoms with van der Waals surface area (Å²) in [4.78, 5) is 0. The zero-order valence-corrected chi connectivity index (χ0v) is 35.6. The van der Waals surface area contributed by atoms with Crippen molar-refractivity contribution in [2.45, 2.75) is 125 Å². The van der Waals surface area contributed by atoms with Crippen LogP contribution in [-0.2, 0) is 78.5 Å². The van der Waals surface area contributed by atoms with Crippen LogP contribution in [0.2, 0.25) is 0 Å². The highest BCUT2D eigenvalue weighted by molar-refractivity contribution is 5.16. The molecular formula is C48H58O17. The summed E-state index contributed by atoms with van der Waals surface area (Å²) in [5, 5.41) is 62.9. The number of benzene rings is 4. The number of aliphatic hydroxyl groups excluding tert-OH is 6. The summed E-state index contributed by atoms with van der Waals surface area (Å²) >= 11 is 0. The van der Waals surface area contributed by atoms with E-state index in [1.807, 2.05) is 121 Å². The molecule has 6 N–H and O–H groups in total. The van der Waals surface area contributed by atoms with Crippen LogP contribution in [0.5, 0.6) is 0 Å². The molecule has 17 heteroatoms. The van der Waals surface area contributed by atoms with Gasteiger partial charge in [0.15, 0.2) is 25.2 Å². The molecule has 16 atom stereocenters. The summed E-state index contributed by atoms with van der Waals surface area (Å²) in [6, 6.07) is 38.4. The standard InChI is InChI=1S/C48H58O17/c49-21-33-37(50)39(52)46(63-33)59-26-34-38(51)40(53)47(64-34)60-28-36-42(56-23-30-15-7-2-8-16-30)44(58-25-32-19-11-4-12-20-32)48(65-36)61-27-35-41(55-22-29-13-5-1-6-14-29)43(45(54)62-35)57-24-31-17-9-3-10-18-31/h1-20,33-54H,21-28H2/t33-,34-,35-,36-,37-,38-,39+,40+,41-,42-,43+,44+,45+,46+,47+,48+/m0/s1. The number of hydrogen-bond acceptors (Lipinski definition) is 17. The van der Waals surface area contributed by atoms with Crippen LogP contribution in [0.3, 0.4) is 0 Å². The molecule has 17 nitrogen and oxygen atoms in total. The monoisotopic (exact) mass is 906 g/mol. The first-order valence-corrected chi connectivity index (χ1v) is 21.9. The molecule has 0 radical (unpaired) electrons.